The average Bonchev–Trinajstić information content (AvgIpc) is 2.43. The monoisotopic (exact) mass is 344 g/mol. The number of nitrogens with one attached hydrogen (secondary N) is 1. The zero-order valence-electron chi connectivity index (χ0n) is 10.9. The molecule has 7 heteroatoms. The number of nitrogens with zero attached hydrogens (tertiary/aromatic N) is 1. The van der Waals surface area contributed by atoms with E-state index in [1.165, 1.54) is 12.3 Å². The fourth-order valence-electron chi connectivity index (χ4n) is 1.58. The first-order chi connectivity index (χ1) is 10.0. The molecule has 0 radical (unpaired) electrons. The summed E-state index contributed by atoms with van der Waals surface area (Å²) in [5, 5.41) is 14.9. The van der Waals surface area contributed by atoms with Crippen LogP contribution in [0.2, 0.25) is 15.1 Å². The van der Waals surface area contributed by atoms with E-state index < -0.39 is 0 Å². The van der Waals surface area contributed by atoms with Crippen molar-refractivity contribution in [2.45, 2.75) is 0 Å². The minimum absolute atomic E-state index is 0.0784. The molecule has 0 amide bonds. The number of hydrazone groups is 1. The van der Waals surface area contributed by atoms with Crippen LogP contribution < -0.4 is 10.2 Å². The lowest BCUT2D eigenvalue weighted by atomic mass is 10.2. The normalized spacial score (nSPS) is 10.9. The molecule has 21 heavy (non-hydrogen) atoms. The Kier molecular flexibility index (Phi) is 5.17. The number of halogens is 3. The Morgan fingerprint density at radius 1 is 1.14 bits per heavy atom. The van der Waals surface area contributed by atoms with Gasteiger partial charge in [-0.1, -0.05) is 34.8 Å². The summed E-state index contributed by atoms with van der Waals surface area (Å²) >= 11 is 17.9. The minimum Gasteiger partial charge on any atom is -0.507 e. The summed E-state index contributed by atoms with van der Waals surface area (Å²) < 4.78 is 5.08. The molecule has 0 aliphatic carbocycles. The highest BCUT2D eigenvalue weighted by Crippen LogP contribution is 2.33. The van der Waals surface area contributed by atoms with E-state index in [0.717, 1.165) is 0 Å². The van der Waals surface area contributed by atoms with Crippen molar-refractivity contribution in [3.05, 3.63) is 51.0 Å². The second kappa shape index (κ2) is 6.89. The third kappa shape index (κ3) is 3.94. The smallest absolute Gasteiger partial charge is 0.124 e. The molecule has 2 N–H and O–H groups in total. The van der Waals surface area contributed by atoms with Crippen LogP contribution in [0.1, 0.15) is 5.56 Å². The van der Waals surface area contributed by atoms with E-state index in [0.29, 0.717) is 32.1 Å². The molecule has 2 rings (SSSR count). The van der Waals surface area contributed by atoms with Crippen LogP contribution in [0.5, 0.6) is 11.5 Å². The molecule has 0 heterocycles. The Balaban J connectivity index is 2.20. The topological polar surface area (TPSA) is 53.9 Å². The SMILES string of the molecule is COc1ccc(O)c(C=NNc2c(Cl)cc(Cl)cc2Cl)c1. The zero-order valence-corrected chi connectivity index (χ0v) is 13.2. The molecule has 0 atom stereocenters. The Labute approximate surface area is 136 Å². The van der Waals surface area contributed by atoms with Gasteiger partial charge in [-0.25, -0.2) is 0 Å². The zero-order chi connectivity index (χ0) is 15.4. The molecule has 0 unspecified atom stereocenters. The van der Waals surface area contributed by atoms with Gasteiger partial charge < -0.3 is 9.84 Å². The Bertz CT molecular complexity index is 667. The maximum Gasteiger partial charge on any atom is 0.124 e. The number of methoxy groups -OCH3 is 1. The van der Waals surface area contributed by atoms with E-state index in [4.69, 9.17) is 39.5 Å². The van der Waals surface area contributed by atoms with Gasteiger partial charge >= 0.3 is 0 Å². The molecule has 0 aliphatic rings. The van der Waals surface area contributed by atoms with Crippen molar-refractivity contribution in [1.82, 2.24) is 0 Å². The summed E-state index contributed by atoms with van der Waals surface area (Å²) in [7, 11) is 1.54. The number of benzene rings is 2. The first kappa shape index (κ1) is 15.8. The number of phenolic OH excluding ortho intramolecular Hbond substituents is 1. The number of aromatic hydroxyl groups is 1. The van der Waals surface area contributed by atoms with Crippen LogP contribution in [0.25, 0.3) is 0 Å². The lowest BCUT2D eigenvalue weighted by molar-refractivity contribution is 0.412. The summed E-state index contributed by atoms with van der Waals surface area (Å²) in [6, 6.07) is 7.91. The molecule has 0 bridgehead atoms. The van der Waals surface area contributed by atoms with Crippen molar-refractivity contribution in [3.63, 3.8) is 0 Å². The highest BCUT2D eigenvalue weighted by Gasteiger charge is 2.07. The Morgan fingerprint density at radius 2 is 1.81 bits per heavy atom. The average molecular weight is 346 g/mol. The van der Waals surface area contributed by atoms with Crippen molar-refractivity contribution in [1.29, 1.82) is 0 Å². The fourth-order valence-corrected chi connectivity index (χ4v) is 2.48. The first-order valence-corrected chi connectivity index (χ1v) is 6.95. The molecular weight excluding hydrogens is 335 g/mol. The maximum absolute atomic E-state index is 9.73. The van der Waals surface area contributed by atoms with Crippen LogP contribution in [0.15, 0.2) is 35.4 Å². The van der Waals surface area contributed by atoms with Gasteiger partial charge in [0.25, 0.3) is 0 Å². The van der Waals surface area contributed by atoms with E-state index >= 15 is 0 Å². The van der Waals surface area contributed by atoms with E-state index in [9.17, 15) is 5.11 Å². The predicted octanol–water partition coefficient (Wildman–Crippen LogP) is 4.81. The molecule has 110 valence electrons. The van der Waals surface area contributed by atoms with Gasteiger partial charge in [-0.2, -0.15) is 5.10 Å². The minimum atomic E-state index is 0.0784. The van der Waals surface area contributed by atoms with Crippen LogP contribution in [0, 0.1) is 0 Å². The van der Waals surface area contributed by atoms with Crippen molar-refractivity contribution < 1.29 is 9.84 Å². The second-order valence-electron chi connectivity index (χ2n) is 4.04. The number of anilines is 1. The van der Waals surface area contributed by atoms with Crippen molar-refractivity contribution in [3.8, 4) is 11.5 Å². The number of phenols is 1. The molecule has 0 fully saturated rings. The van der Waals surface area contributed by atoms with Crippen molar-refractivity contribution in [2.75, 3.05) is 12.5 Å². The maximum atomic E-state index is 9.73. The van der Waals surface area contributed by atoms with Gasteiger partial charge in [0.1, 0.15) is 11.5 Å². The Morgan fingerprint density at radius 3 is 2.43 bits per heavy atom. The largest absolute Gasteiger partial charge is 0.507 e. The van der Waals surface area contributed by atoms with Crippen LogP contribution >= 0.6 is 34.8 Å². The van der Waals surface area contributed by atoms with Gasteiger partial charge in [0, 0.05) is 10.6 Å². The third-order valence-electron chi connectivity index (χ3n) is 2.62. The number of hydrogen-bond donors (Lipinski definition) is 2. The van der Waals surface area contributed by atoms with E-state index in [-0.39, 0.29) is 5.75 Å². The lowest BCUT2D eigenvalue weighted by Gasteiger charge is -2.07. The predicted molar refractivity (Wildman–Crippen MR) is 87.3 cm³/mol. The Hall–Kier alpha value is -1.62. The summed E-state index contributed by atoms with van der Waals surface area (Å²) in [4.78, 5) is 0. The van der Waals surface area contributed by atoms with E-state index in [1.54, 1.807) is 31.4 Å². The summed E-state index contributed by atoms with van der Waals surface area (Å²) in [6.07, 6.45) is 1.43. The molecule has 0 aliphatic heterocycles. The lowest BCUT2D eigenvalue weighted by Crippen LogP contribution is -1.94. The molecule has 0 saturated carbocycles. The quantitative estimate of drug-likeness (QED) is 0.618. The van der Waals surface area contributed by atoms with Gasteiger partial charge in [-0.3, -0.25) is 5.43 Å². The molecule has 0 aromatic heterocycles. The molecule has 0 spiro atoms. The number of hydrogen-bond acceptors (Lipinski definition) is 4. The van der Waals surface area contributed by atoms with E-state index in [1.807, 2.05) is 0 Å². The van der Waals surface area contributed by atoms with Crippen molar-refractivity contribution >= 4 is 46.7 Å². The highest BCUT2D eigenvalue weighted by molar-refractivity contribution is 6.41. The molecule has 4 nitrogen and oxygen atoms in total. The summed E-state index contributed by atoms with van der Waals surface area (Å²) in [5.41, 5.74) is 3.64. The van der Waals surface area contributed by atoms with Gasteiger partial charge in [-0.05, 0) is 30.3 Å². The number of rotatable bonds is 4. The van der Waals surface area contributed by atoms with Gasteiger partial charge in [0.2, 0.25) is 0 Å². The summed E-state index contributed by atoms with van der Waals surface area (Å²) in [5.74, 6) is 0.687. The summed E-state index contributed by atoms with van der Waals surface area (Å²) in [6.45, 7) is 0. The fraction of sp³-hybridized carbons (Fsp3) is 0.0714. The van der Waals surface area contributed by atoms with Crippen LogP contribution in [-0.2, 0) is 0 Å². The molecular formula is C14H11Cl3N2O2. The van der Waals surface area contributed by atoms with Crippen LogP contribution in [-0.4, -0.2) is 18.4 Å². The highest BCUT2D eigenvalue weighted by atomic mass is 35.5. The second-order valence-corrected chi connectivity index (χ2v) is 5.29. The van der Waals surface area contributed by atoms with Gasteiger partial charge in [-0.15, -0.1) is 0 Å². The standard InChI is InChI=1S/C14H11Cl3N2O2/c1-21-10-2-3-13(20)8(4-10)7-18-19-14-11(16)5-9(15)6-12(14)17/h2-7,19-20H,1H3. The third-order valence-corrected chi connectivity index (χ3v) is 3.44. The van der Waals surface area contributed by atoms with Crippen LogP contribution in [0.3, 0.4) is 0 Å². The first-order valence-electron chi connectivity index (χ1n) is 5.82. The van der Waals surface area contributed by atoms with E-state index in [2.05, 4.69) is 10.5 Å². The van der Waals surface area contributed by atoms with Crippen molar-refractivity contribution in [2.24, 2.45) is 5.10 Å². The molecule has 2 aromatic carbocycles. The molecule has 0 saturated heterocycles. The van der Waals surface area contributed by atoms with Crippen LogP contribution in [0.4, 0.5) is 5.69 Å². The van der Waals surface area contributed by atoms with Gasteiger partial charge in [0.05, 0.1) is 29.1 Å². The number of ether oxygens (including phenoxy) is 1. The molecule has 2 aromatic rings. The van der Waals surface area contributed by atoms with Gasteiger partial charge in [0.15, 0.2) is 0 Å².